The molecule has 0 radical (unpaired) electrons. The Kier molecular flexibility index (Phi) is 6.93. The third-order valence-electron chi connectivity index (χ3n) is 5.08. The van der Waals surface area contributed by atoms with Crippen LogP contribution in [0.5, 0.6) is 5.75 Å². The fourth-order valence-corrected chi connectivity index (χ4v) is 3.53. The van der Waals surface area contributed by atoms with E-state index in [1.165, 1.54) is 42.7 Å². The molecule has 0 amide bonds. The van der Waals surface area contributed by atoms with E-state index in [1.54, 1.807) is 12.1 Å². The van der Waals surface area contributed by atoms with Gasteiger partial charge < -0.3 is 32.3 Å². The topological polar surface area (TPSA) is 39.4 Å². The highest BCUT2D eigenvalue weighted by Crippen LogP contribution is 2.18. The molecule has 5 heteroatoms. The summed E-state index contributed by atoms with van der Waals surface area (Å²) in [7, 11) is 0. The summed E-state index contributed by atoms with van der Waals surface area (Å²) >= 11 is 0. The Labute approximate surface area is 177 Å². The smallest absolute Gasteiger partial charge is 0.173 e. The molecule has 1 aliphatic heterocycles. The molecule has 2 aromatic carbocycles. The second-order valence-electron chi connectivity index (χ2n) is 7.14. The Morgan fingerprint density at radius 2 is 1.57 bits per heavy atom. The summed E-state index contributed by atoms with van der Waals surface area (Å²) in [5.74, 6) is 0.281. The van der Waals surface area contributed by atoms with E-state index in [-0.39, 0.29) is 22.7 Å². The van der Waals surface area contributed by atoms with Crippen molar-refractivity contribution in [2.75, 3.05) is 23.3 Å². The number of hydrogen-bond acceptors (Lipinski definition) is 3. The Bertz CT molecular complexity index is 875. The molecule has 0 bridgehead atoms. The Morgan fingerprint density at radius 3 is 2.25 bits per heavy atom. The van der Waals surface area contributed by atoms with E-state index in [0.717, 1.165) is 18.8 Å². The first-order valence-electron chi connectivity index (χ1n) is 9.61. The molecule has 1 saturated heterocycles. The molecule has 2 heterocycles. The lowest BCUT2D eigenvalue weighted by Gasteiger charge is -2.16. The SMILES string of the molecule is Oc1cccc(NCc2ccc(C[n+]3ccc(N4CCCC4)cc3)cc2)c1.[Br-]. The van der Waals surface area contributed by atoms with Crippen LogP contribution in [0, 0.1) is 0 Å². The molecule has 1 fully saturated rings. The van der Waals surface area contributed by atoms with E-state index < -0.39 is 0 Å². The lowest BCUT2D eigenvalue weighted by molar-refractivity contribution is -0.688. The van der Waals surface area contributed by atoms with Crippen LogP contribution in [-0.2, 0) is 13.1 Å². The van der Waals surface area contributed by atoms with Crippen molar-refractivity contribution in [2.45, 2.75) is 25.9 Å². The van der Waals surface area contributed by atoms with E-state index in [2.05, 4.69) is 63.6 Å². The normalized spacial score (nSPS) is 13.2. The van der Waals surface area contributed by atoms with Gasteiger partial charge in [0.15, 0.2) is 18.9 Å². The van der Waals surface area contributed by atoms with Gasteiger partial charge in [-0.2, -0.15) is 0 Å². The van der Waals surface area contributed by atoms with Crippen molar-refractivity contribution in [1.82, 2.24) is 0 Å². The van der Waals surface area contributed by atoms with Crippen molar-refractivity contribution in [1.29, 1.82) is 0 Å². The third kappa shape index (κ3) is 5.26. The zero-order valence-electron chi connectivity index (χ0n) is 15.9. The van der Waals surface area contributed by atoms with Crippen LogP contribution in [0.15, 0.2) is 73.1 Å². The van der Waals surface area contributed by atoms with Gasteiger partial charge in [0.1, 0.15) is 5.75 Å². The summed E-state index contributed by atoms with van der Waals surface area (Å²) in [5.41, 5.74) is 4.76. The maximum Gasteiger partial charge on any atom is 0.173 e. The number of anilines is 2. The van der Waals surface area contributed by atoms with Crippen LogP contribution in [0.2, 0.25) is 0 Å². The molecule has 0 atom stereocenters. The molecule has 3 aromatic rings. The van der Waals surface area contributed by atoms with Crippen LogP contribution in [0.3, 0.4) is 0 Å². The maximum absolute atomic E-state index is 9.52. The van der Waals surface area contributed by atoms with Gasteiger partial charge >= 0.3 is 0 Å². The monoisotopic (exact) mass is 439 g/mol. The van der Waals surface area contributed by atoms with Gasteiger partial charge in [0, 0.05) is 54.8 Å². The van der Waals surface area contributed by atoms with Crippen LogP contribution >= 0.6 is 0 Å². The van der Waals surface area contributed by atoms with Crippen LogP contribution in [-0.4, -0.2) is 18.2 Å². The second-order valence-corrected chi connectivity index (χ2v) is 7.14. The zero-order chi connectivity index (χ0) is 18.5. The average molecular weight is 440 g/mol. The highest BCUT2D eigenvalue weighted by Gasteiger charge is 2.13. The van der Waals surface area contributed by atoms with Gasteiger partial charge in [-0.25, -0.2) is 4.57 Å². The van der Waals surface area contributed by atoms with Crippen LogP contribution in [0.1, 0.15) is 24.0 Å². The lowest BCUT2D eigenvalue weighted by Crippen LogP contribution is -3.00. The maximum atomic E-state index is 9.52. The summed E-state index contributed by atoms with van der Waals surface area (Å²) in [6.45, 7) is 3.98. The van der Waals surface area contributed by atoms with Crippen molar-refractivity contribution in [2.24, 2.45) is 0 Å². The van der Waals surface area contributed by atoms with Gasteiger partial charge in [-0.1, -0.05) is 30.3 Å². The number of benzene rings is 2. The minimum absolute atomic E-state index is 0. The van der Waals surface area contributed by atoms with Gasteiger partial charge in [-0.3, -0.25) is 0 Å². The number of hydrogen-bond donors (Lipinski definition) is 2. The van der Waals surface area contributed by atoms with Gasteiger partial charge in [-0.15, -0.1) is 0 Å². The number of nitrogens with zero attached hydrogens (tertiary/aromatic N) is 2. The first-order valence-corrected chi connectivity index (χ1v) is 9.61. The number of aromatic nitrogens is 1. The molecule has 0 saturated carbocycles. The van der Waals surface area contributed by atoms with Crippen LogP contribution in [0.25, 0.3) is 0 Å². The molecule has 4 rings (SSSR count). The molecule has 2 N–H and O–H groups in total. The average Bonchev–Trinajstić information content (AvgIpc) is 3.23. The van der Waals surface area contributed by atoms with Gasteiger partial charge in [0.2, 0.25) is 0 Å². The Hall–Kier alpha value is -2.53. The largest absolute Gasteiger partial charge is 1.00 e. The molecule has 1 aliphatic rings. The number of aromatic hydroxyl groups is 1. The van der Waals surface area contributed by atoms with Crippen molar-refractivity contribution >= 4 is 11.4 Å². The van der Waals surface area contributed by atoms with E-state index in [0.29, 0.717) is 0 Å². The Morgan fingerprint density at radius 1 is 0.893 bits per heavy atom. The molecule has 28 heavy (non-hydrogen) atoms. The lowest BCUT2D eigenvalue weighted by atomic mass is 10.1. The van der Waals surface area contributed by atoms with E-state index in [1.807, 2.05) is 12.1 Å². The predicted molar refractivity (Wildman–Crippen MR) is 109 cm³/mol. The fraction of sp³-hybridized carbons (Fsp3) is 0.261. The number of phenolic OH excluding ortho intramolecular Hbond substituents is 1. The first-order chi connectivity index (χ1) is 13.3. The van der Waals surface area contributed by atoms with Gasteiger partial charge in [0.05, 0.1) is 0 Å². The predicted octanol–water partition coefficient (Wildman–Crippen LogP) is 0.944. The zero-order valence-corrected chi connectivity index (χ0v) is 17.5. The summed E-state index contributed by atoms with van der Waals surface area (Å²) in [5, 5.41) is 12.9. The number of nitrogens with one attached hydrogen (secondary N) is 1. The summed E-state index contributed by atoms with van der Waals surface area (Å²) < 4.78 is 2.22. The molecule has 0 unspecified atom stereocenters. The third-order valence-corrected chi connectivity index (χ3v) is 5.08. The molecule has 4 nitrogen and oxygen atoms in total. The van der Waals surface area contributed by atoms with E-state index in [4.69, 9.17) is 0 Å². The van der Waals surface area contributed by atoms with Crippen LogP contribution < -0.4 is 31.8 Å². The summed E-state index contributed by atoms with van der Waals surface area (Å²) in [6, 6.07) is 20.3. The quantitative estimate of drug-likeness (QED) is 0.561. The minimum atomic E-state index is 0. The standard InChI is InChI=1S/C23H25N3O.BrH/c27-23-5-3-4-21(16-23)24-17-19-6-8-20(9-7-19)18-25-14-10-22(11-15-25)26-12-1-2-13-26;/h3-11,14-16,24H,1-2,12-13,17-18H2;1H. The molecule has 0 spiro atoms. The number of phenols is 1. The Balaban J connectivity index is 0.00000225. The summed E-state index contributed by atoms with van der Waals surface area (Å²) in [4.78, 5) is 2.46. The van der Waals surface area contributed by atoms with Gasteiger partial charge in [-0.05, 0) is 30.5 Å². The highest BCUT2D eigenvalue weighted by atomic mass is 79.9. The van der Waals surface area contributed by atoms with Crippen molar-refractivity contribution in [3.05, 3.63) is 84.2 Å². The van der Waals surface area contributed by atoms with Crippen molar-refractivity contribution in [3.8, 4) is 5.75 Å². The van der Waals surface area contributed by atoms with Crippen molar-refractivity contribution < 1.29 is 26.7 Å². The second kappa shape index (κ2) is 9.60. The van der Waals surface area contributed by atoms with Crippen LogP contribution in [0.4, 0.5) is 11.4 Å². The number of rotatable bonds is 6. The first kappa shape index (κ1) is 20.2. The summed E-state index contributed by atoms with van der Waals surface area (Å²) in [6.07, 6.45) is 6.96. The fourth-order valence-electron chi connectivity index (χ4n) is 3.53. The number of halogens is 1. The molecule has 146 valence electrons. The number of pyridine rings is 1. The van der Waals surface area contributed by atoms with Gasteiger partial charge in [0.25, 0.3) is 0 Å². The molecular formula is C23H26BrN3O. The highest BCUT2D eigenvalue weighted by molar-refractivity contribution is 5.48. The minimum Gasteiger partial charge on any atom is -1.00 e. The molecule has 0 aliphatic carbocycles. The van der Waals surface area contributed by atoms with Crippen molar-refractivity contribution in [3.63, 3.8) is 0 Å². The van der Waals surface area contributed by atoms with E-state index >= 15 is 0 Å². The molecular weight excluding hydrogens is 414 g/mol. The van der Waals surface area contributed by atoms with E-state index in [9.17, 15) is 5.11 Å². The molecule has 1 aromatic heterocycles.